The number of rotatable bonds is 18. The molecule has 1 aliphatic rings. The van der Waals surface area contributed by atoms with Crippen molar-refractivity contribution >= 4 is 0 Å². The number of methoxy groups -OCH3 is 1. The van der Waals surface area contributed by atoms with Gasteiger partial charge in [0.25, 0.3) is 0 Å². The van der Waals surface area contributed by atoms with Gasteiger partial charge in [-0.3, -0.25) is 5.10 Å². The number of nitrogens with zero attached hydrogens (tertiary/aromatic N) is 1. The van der Waals surface area contributed by atoms with Crippen LogP contribution in [0.3, 0.4) is 0 Å². The lowest BCUT2D eigenvalue weighted by molar-refractivity contribution is -0.436. The van der Waals surface area contributed by atoms with Gasteiger partial charge in [0.05, 0.1) is 40.1 Å². The van der Waals surface area contributed by atoms with Crippen molar-refractivity contribution in [1.82, 2.24) is 10.2 Å². The second-order valence-electron chi connectivity index (χ2n) is 14.0. The smallest absolute Gasteiger partial charge is 0.356 e. The van der Waals surface area contributed by atoms with Crippen LogP contribution in [0, 0.1) is 18.6 Å². The monoisotopic (exact) mass is 792 g/mol. The number of ether oxygens (including phenoxy) is 7. The number of hydrogen-bond donors (Lipinski definition) is 2. The van der Waals surface area contributed by atoms with Crippen molar-refractivity contribution in [3.05, 3.63) is 184 Å². The summed E-state index contributed by atoms with van der Waals surface area (Å²) in [4.78, 5) is 0. The van der Waals surface area contributed by atoms with E-state index in [-0.39, 0.29) is 50.9 Å². The van der Waals surface area contributed by atoms with Crippen molar-refractivity contribution < 1.29 is 47.0 Å². The molecule has 1 aromatic heterocycles. The Hall–Kier alpha value is -5.47. The molecule has 1 aliphatic heterocycles. The summed E-state index contributed by atoms with van der Waals surface area (Å²) in [6, 6.07) is 40.8. The average molecular weight is 793 g/mol. The number of aromatic nitrogens is 2. The van der Waals surface area contributed by atoms with E-state index in [0.717, 1.165) is 22.3 Å². The predicted molar refractivity (Wildman–Crippen MR) is 211 cm³/mol. The molecule has 1 saturated heterocycles. The lowest BCUT2D eigenvalue weighted by atomic mass is 9.96. The van der Waals surface area contributed by atoms with Gasteiger partial charge in [0.1, 0.15) is 18.3 Å². The maximum atomic E-state index is 14.8. The number of benzene rings is 5. The van der Waals surface area contributed by atoms with E-state index < -0.39 is 47.8 Å². The van der Waals surface area contributed by atoms with Crippen molar-refractivity contribution in [3.8, 4) is 11.6 Å². The summed E-state index contributed by atoms with van der Waals surface area (Å²) >= 11 is 0. The number of nitrogens with one attached hydrogen (secondary N) is 1. The lowest BCUT2D eigenvalue weighted by Gasteiger charge is -2.49. The molecule has 0 saturated carbocycles. The number of aliphatic hydroxyl groups is 1. The maximum absolute atomic E-state index is 14.8. The second kappa shape index (κ2) is 19.3. The Morgan fingerprint density at radius 3 is 1.67 bits per heavy atom. The molecule has 2 N–H and O–H groups in total. The zero-order valence-electron chi connectivity index (χ0n) is 32.3. The van der Waals surface area contributed by atoms with Crippen molar-refractivity contribution in [2.24, 2.45) is 0 Å². The molecule has 10 nitrogen and oxygen atoms in total. The van der Waals surface area contributed by atoms with E-state index in [9.17, 15) is 13.9 Å². The first kappa shape index (κ1) is 40.7. The van der Waals surface area contributed by atoms with Gasteiger partial charge in [0, 0.05) is 17.7 Å². The summed E-state index contributed by atoms with van der Waals surface area (Å²) in [6.45, 7) is 2.33. The van der Waals surface area contributed by atoms with E-state index in [1.165, 1.54) is 19.2 Å². The summed E-state index contributed by atoms with van der Waals surface area (Å²) < 4.78 is 73.7. The highest BCUT2D eigenvalue weighted by Gasteiger charge is 2.59. The fourth-order valence-corrected chi connectivity index (χ4v) is 6.87. The molecule has 0 aliphatic carbocycles. The molecule has 0 spiro atoms. The Morgan fingerprint density at radius 2 is 1.16 bits per heavy atom. The molecule has 302 valence electrons. The molecule has 1 fully saturated rings. The van der Waals surface area contributed by atoms with Crippen molar-refractivity contribution in [2.45, 2.75) is 70.2 Å². The Bertz CT molecular complexity index is 2160. The molecule has 5 aromatic carbocycles. The lowest BCUT2D eigenvalue weighted by Crippen LogP contribution is -2.69. The molecular weight excluding hydrogens is 747 g/mol. The SMILES string of the molecule is COc1c(F)cc(Cc2c(O[C@@]3(O)O[C@H](COCc4ccccc4)[C@@H](OCc4ccccc4)[C@H](OCc4ccccc4)[C@H]3OCc3ccccc3)n[nH]c2C)cc1F. The molecule has 58 heavy (non-hydrogen) atoms. The highest BCUT2D eigenvalue weighted by molar-refractivity contribution is 5.39. The number of halogens is 2. The number of aromatic amines is 1. The minimum absolute atomic E-state index is 0.0124. The average Bonchev–Trinajstić information content (AvgIpc) is 3.57. The van der Waals surface area contributed by atoms with Crippen LogP contribution in [-0.2, 0) is 56.5 Å². The van der Waals surface area contributed by atoms with Gasteiger partial charge < -0.3 is 38.3 Å². The van der Waals surface area contributed by atoms with E-state index in [4.69, 9.17) is 33.2 Å². The summed E-state index contributed by atoms with van der Waals surface area (Å²) in [6.07, 6.45) is -4.19. The first-order chi connectivity index (χ1) is 28.3. The van der Waals surface area contributed by atoms with E-state index in [1.54, 1.807) is 6.92 Å². The molecule has 0 radical (unpaired) electrons. The van der Waals surface area contributed by atoms with E-state index in [2.05, 4.69) is 10.2 Å². The molecular formula is C46H46F2N2O8. The highest BCUT2D eigenvalue weighted by atomic mass is 19.1. The summed E-state index contributed by atoms with van der Waals surface area (Å²) in [7, 11) is 1.20. The van der Waals surface area contributed by atoms with Crippen LogP contribution in [0.25, 0.3) is 0 Å². The van der Waals surface area contributed by atoms with Gasteiger partial charge in [-0.1, -0.05) is 121 Å². The van der Waals surface area contributed by atoms with E-state index in [0.29, 0.717) is 11.3 Å². The topological polar surface area (TPSA) is 114 Å². The third-order valence-corrected chi connectivity index (χ3v) is 9.83. The van der Waals surface area contributed by atoms with Crippen LogP contribution in [0.15, 0.2) is 133 Å². The quantitative estimate of drug-likeness (QED) is 0.0837. The Balaban J connectivity index is 1.27. The number of H-pyrrole nitrogens is 1. The Kier molecular flexibility index (Phi) is 13.6. The van der Waals surface area contributed by atoms with Gasteiger partial charge in [0.2, 0.25) is 5.88 Å². The van der Waals surface area contributed by atoms with Gasteiger partial charge in [-0.05, 0) is 46.9 Å². The van der Waals surface area contributed by atoms with Crippen LogP contribution in [-0.4, -0.2) is 59.4 Å². The summed E-state index contributed by atoms with van der Waals surface area (Å²) in [5, 5.41) is 20.1. The standard InChI is InChI=1S/C46H46F2N2O8/c1-31-37(23-36-24-38(47)41(52-2)39(48)25-36)45(50-49-31)58-46(51)44(56-29-35-21-13-6-14-22-35)43(55-28-34-19-11-5-12-20-34)42(54-27-33-17-9-4-10-18-33)40(57-46)30-53-26-32-15-7-3-8-16-32/h3-22,24-25,40,42-44,51H,23,26-30H2,1-2H3,(H,49,50)/t40-,42-,43+,44-,46+/m1/s1. The van der Waals surface area contributed by atoms with E-state index in [1.807, 2.05) is 121 Å². The molecule has 0 unspecified atom stereocenters. The Labute approximate surface area is 336 Å². The van der Waals surface area contributed by atoms with Crippen molar-refractivity contribution in [1.29, 1.82) is 0 Å². The van der Waals surface area contributed by atoms with Crippen LogP contribution in [0.1, 0.15) is 39.1 Å². The van der Waals surface area contributed by atoms with Gasteiger partial charge in [-0.2, -0.15) is 0 Å². The van der Waals surface area contributed by atoms with Crippen LogP contribution in [0.4, 0.5) is 8.78 Å². The molecule has 2 heterocycles. The van der Waals surface area contributed by atoms with Crippen molar-refractivity contribution in [2.75, 3.05) is 13.7 Å². The third kappa shape index (κ3) is 10.1. The first-order valence-electron chi connectivity index (χ1n) is 19.0. The molecule has 0 amide bonds. The second-order valence-corrected chi connectivity index (χ2v) is 14.0. The largest absolute Gasteiger partial charge is 0.491 e. The molecule has 0 bridgehead atoms. The maximum Gasteiger partial charge on any atom is 0.356 e. The van der Waals surface area contributed by atoms with Crippen molar-refractivity contribution in [3.63, 3.8) is 0 Å². The minimum Gasteiger partial charge on any atom is -0.491 e. The molecule has 6 aromatic rings. The fourth-order valence-electron chi connectivity index (χ4n) is 6.87. The minimum atomic E-state index is -2.56. The van der Waals surface area contributed by atoms with Gasteiger partial charge in [-0.25, -0.2) is 8.78 Å². The zero-order chi connectivity index (χ0) is 40.3. The van der Waals surface area contributed by atoms with Crippen LogP contribution < -0.4 is 9.47 Å². The molecule has 12 heteroatoms. The summed E-state index contributed by atoms with van der Waals surface area (Å²) in [5.74, 6) is -4.83. The fraction of sp³-hybridized carbons (Fsp3) is 0.283. The molecule has 7 rings (SSSR count). The highest BCUT2D eigenvalue weighted by Crippen LogP contribution is 2.39. The van der Waals surface area contributed by atoms with Gasteiger partial charge in [-0.15, -0.1) is 5.10 Å². The van der Waals surface area contributed by atoms with Gasteiger partial charge in [0.15, 0.2) is 23.5 Å². The third-order valence-electron chi connectivity index (χ3n) is 9.83. The Morgan fingerprint density at radius 1 is 0.672 bits per heavy atom. The van der Waals surface area contributed by atoms with E-state index >= 15 is 0 Å². The van der Waals surface area contributed by atoms with Crippen LogP contribution in [0.2, 0.25) is 0 Å². The predicted octanol–water partition coefficient (Wildman–Crippen LogP) is 7.99. The molecule has 5 atom stereocenters. The number of aryl methyl sites for hydroxylation is 1. The zero-order valence-corrected chi connectivity index (χ0v) is 32.3. The normalized spacial score (nSPS) is 20.5. The summed E-state index contributed by atoms with van der Waals surface area (Å²) in [5.41, 5.74) is 4.79. The van der Waals surface area contributed by atoms with Crippen LogP contribution >= 0.6 is 0 Å². The number of hydrogen-bond acceptors (Lipinski definition) is 9. The van der Waals surface area contributed by atoms with Gasteiger partial charge >= 0.3 is 5.97 Å². The van der Waals surface area contributed by atoms with Crippen LogP contribution in [0.5, 0.6) is 11.6 Å². The first-order valence-corrected chi connectivity index (χ1v) is 19.0.